The molecule has 160 valence electrons. The number of aryl methyl sites for hydroxylation is 1. The molecule has 0 spiro atoms. The summed E-state index contributed by atoms with van der Waals surface area (Å²) in [4.78, 5) is 18.2. The molecule has 0 radical (unpaired) electrons. The predicted molar refractivity (Wildman–Crippen MR) is 134 cm³/mol. The molecule has 0 aliphatic rings. The second-order valence-electron chi connectivity index (χ2n) is 7.78. The van der Waals surface area contributed by atoms with Crippen LogP contribution in [0.4, 0.5) is 5.13 Å². The van der Waals surface area contributed by atoms with E-state index in [0.29, 0.717) is 5.13 Å². The van der Waals surface area contributed by atoms with E-state index in [0.717, 1.165) is 27.8 Å². The van der Waals surface area contributed by atoms with Gasteiger partial charge in [-0.15, -0.1) is 11.3 Å². The number of aromatic nitrogens is 2. The Morgan fingerprint density at radius 1 is 1.09 bits per heavy atom. The average Bonchev–Trinajstić information content (AvgIpc) is 3.41. The van der Waals surface area contributed by atoms with E-state index in [9.17, 15) is 10.1 Å². The first-order valence-electron chi connectivity index (χ1n) is 10.5. The molecular formula is C27H20N4OS. The molecular weight excluding hydrogens is 428 g/mol. The Morgan fingerprint density at radius 3 is 2.70 bits per heavy atom. The van der Waals surface area contributed by atoms with E-state index in [1.54, 1.807) is 12.3 Å². The number of nitrogens with one attached hydrogen (secondary N) is 1. The van der Waals surface area contributed by atoms with Crippen LogP contribution in [-0.2, 0) is 18.3 Å². The first kappa shape index (κ1) is 20.7. The third kappa shape index (κ3) is 4.14. The molecule has 5 aromatic rings. The molecule has 33 heavy (non-hydrogen) atoms. The van der Waals surface area contributed by atoms with Crippen LogP contribution in [-0.4, -0.2) is 15.5 Å². The van der Waals surface area contributed by atoms with Crippen LogP contribution in [0.3, 0.4) is 0 Å². The summed E-state index contributed by atoms with van der Waals surface area (Å²) in [5.74, 6) is -0.462. The zero-order chi connectivity index (χ0) is 22.8. The van der Waals surface area contributed by atoms with Gasteiger partial charge in [-0.05, 0) is 28.5 Å². The van der Waals surface area contributed by atoms with E-state index in [-0.39, 0.29) is 5.57 Å². The molecule has 0 unspecified atom stereocenters. The number of carbonyl (C=O) groups is 1. The number of fused-ring (bicyclic) bond motifs is 2. The maximum Gasteiger partial charge on any atom is 0.268 e. The second kappa shape index (κ2) is 8.73. The topological polar surface area (TPSA) is 70.7 Å². The standard InChI is InChI=1S/C27H20N4OS/c1-31-17-21(24-11-4-5-12-25(24)31)13-20(15-28)26(32)30-27-29-16-22(33-27)14-19-9-6-8-18-7-2-3-10-23(18)19/h2-13,16-17H,14H2,1H3,(H,29,30,32)/b20-13+. The number of anilines is 1. The zero-order valence-electron chi connectivity index (χ0n) is 17.9. The van der Waals surface area contributed by atoms with Crippen molar-refractivity contribution < 1.29 is 4.79 Å². The summed E-state index contributed by atoms with van der Waals surface area (Å²) in [6, 6.07) is 24.5. The molecule has 0 fully saturated rings. The van der Waals surface area contributed by atoms with Gasteiger partial charge in [-0.2, -0.15) is 5.26 Å². The Bertz CT molecular complexity index is 1560. The van der Waals surface area contributed by atoms with Crippen molar-refractivity contribution in [2.45, 2.75) is 6.42 Å². The van der Waals surface area contributed by atoms with Crippen molar-refractivity contribution in [1.82, 2.24) is 9.55 Å². The van der Waals surface area contributed by atoms with Crippen LogP contribution in [0.25, 0.3) is 27.8 Å². The molecule has 5 rings (SSSR count). The molecule has 2 heterocycles. The van der Waals surface area contributed by atoms with E-state index < -0.39 is 5.91 Å². The minimum Gasteiger partial charge on any atom is -0.350 e. The first-order chi connectivity index (χ1) is 16.1. The lowest BCUT2D eigenvalue weighted by atomic mass is 10.0. The summed E-state index contributed by atoms with van der Waals surface area (Å²) >= 11 is 1.42. The van der Waals surface area contributed by atoms with Gasteiger partial charge in [0.1, 0.15) is 11.6 Å². The van der Waals surface area contributed by atoms with Gasteiger partial charge >= 0.3 is 0 Å². The third-order valence-corrected chi connectivity index (χ3v) is 6.52. The SMILES string of the molecule is Cn1cc(/C=C(\C#N)C(=O)Nc2ncc(Cc3cccc4ccccc34)s2)c2ccccc21. The molecule has 2 aromatic heterocycles. The second-order valence-corrected chi connectivity index (χ2v) is 8.90. The van der Waals surface area contributed by atoms with Crippen LogP contribution in [0.15, 0.2) is 84.7 Å². The highest BCUT2D eigenvalue weighted by atomic mass is 32.1. The van der Waals surface area contributed by atoms with Crippen LogP contribution in [0.5, 0.6) is 0 Å². The number of thiazole rings is 1. The highest BCUT2D eigenvalue weighted by molar-refractivity contribution is 7.15. The van der Waals surface area contributed by atoms with Gasteiger partial charge in [0, 0.05) is 47.2 Å². The fourth-order valence-corrected chi connectivity index (χ4v) is 4.87. The van der Waals surface area contributed by atoms with Gasteiger partial charge in [-0.25, -0.2) is 4.98 Å². The number of benzene rings is 3. The Kier molecular flexibility index (Phi) is 5.47. The molecule has 5 nitrogen and oxygen atoms in total. The van der Waals surface area contributed by atoms with E-state index in [1.165, 1.54) is 27.7 Å². The summed E-state index contributed by atoms with van der Waals surface area (Å²) in [7, 11) is 1.94. The Morgan fingerprint density at radius 2 is 1.85 bits per heavy atom. The van der Waals surface area contributed by atoms with Crippen molar-refractivity contribution in [2.24, 2.45) is 7.05 Å². The number of nitriles is 1. The fourth-order valence-electron chi connectivity index (χ4n) is 4.04. The van der Waals surface area contributed by atoms with Crippen LogP contribution in [0.2, 0.25) is 0 Å². The first-order valence-corrected chi connectivity index (χ1v) is 11.3. The van der Waals surface area contributed by atoms with Gasteiger partial charge in [-0.3, -0.25) is 10.1 Å². The largest absolute Gasteiger partial charge is 0.350 e. The smallest absolute Gasteiger partial charge is 0.268 e. The summed E-state index contributed by atoms with van der Waals surface area (Å²) in [6.07, 6.45) is 6.05. The average molecular weight is 449 g/mol. The summed E-state index contributed by atoms with van der Waals surface area (Å²) in [5, 5.41) is 16.3. The number of rotatable bonds is 5. The van der Waals surface area contributed by atoms with Gasteiger partial charge in [0.2, 0.25) is 0 Å². The molecule has 0 atom stereocenters. The Hall–Kier alpha value is -4.21. The lowest BCUT2D eigenvalue weighted by Crippen LogP contribution is -2.13. The molecule has 0 saturated carbocycles. The normalized spacial score (nSPS) is 11.6. The number of hydrogen-bond donors (Lipinski definition) is 1. The minimum absolute atomic E-state index is 0.0390. The highest BCUT2D eigenvalue weighted by Gasteiger charge is 2.14. The maximum atomic E-state index is 12.8. The fraction of sp³-hybridized carbons (Fsp3) is 0.0741. The molecule has 3 aromatic carbocycles. The lowest BCUT2D eigenvalue weighted by molar-refractivity contribution is -0.112. The molecule has 6 heteroatoms. The third-order valence-electron chi connectivity index (χ3n) is 5.61. The highest BCUT2D eigenvalue weighted by Crippen LogP contribution is 2.27. The Balaban J connectivity index is 1.35. The minimum atomic E-state index is -0.462. The molecule has 1 amide bonds. The summed E-state index contributed by atoms with van der Waals surface area (Å²) < 4.78 is 1.98. The van der Waals surface area contributed by atoms with Crippen molar-refractivity contribution >= 4 is 50.1 Å². The molecule has 0 aliphatic carbocycles. The van der Waals surface area contributed by atoms with Gasteiger partial charge in [-0.1, -0.05) is 60.7 Å². The van der Waals surface area contributed by atoms with Crippen molar-refractivity contribution in [3.8, 4) is 6.07 Å². The number of hydrogen-bond acceptors (Lipinski definition) is 4. The van der Waals surface area contributed by atoms with Crippen LogP contribution in [0, 0.1) is 11.3 Å². The molecule has 1 N–H and O–H groups in total. The van der Waals surface area contributed by atoms with Crippen LogP contribution in [0.1, 0.15) is 16.0 Å². The van der Waals surface area contributed by atoms with E-state index in [1.807, 2.05) is 60.3 Å². The molecule has 0 aliphatic heterocycles. The number of para-hydroxylation sites is 1. The van der Waals surface area contributed by atoms with Gasteiger partial charge in [0.15, 0.2) is 5.13 Å². The summed E-state index contributed by atoms with van der Waals surface area (Å²) in [6.45, 7) is 0. The summed E-state index contributed by atoms with van der Waals surface area (Å²) in [5.41, 5.74) is 3.12. The predicted octanol–water partition coefficient (Wildman–Crippen LogP) is 5.92. The quantitative estimate of drug-likeness (QED) is 0.268. The van der Waals surface area contributed by atoms with Gasteiger partial charge in [0.05, 0.1) is 0 Å². The monoisotopic (exact) mass is 448 g/mol. The lowest BCUT2D eigenvalue weighted by Gasteiger charge is -2.04. The van der Waals surface area contributed by atoms with E-state index in [4.69, 9.17) is 0 Å². The van der Waals surface area contributed by atoms with Crippen molar-refractivity contribution in [3.05, 3.63) is 101 Å². The maximum absolute atomic E-state index is 12.8. The Labute approximate surface area is 195 Å². The number of amides is 1. The van der Waals surface area contributed by atoms with E-state index in [2.05, 4.69) is 40.6 Å². The van der Waals surface area contributed by atoms with Gasteiger partial charge < -0.3 is 4.57 Å². The number of nitrogens with zero attached hydrogens (tertiary/aromatic N) is 3. The molecule has 0 bridgehead atoms. The van der Waals surface area contributed by atoms with E-state index >= 15 is 0 Å². The van der Waals surface area contributed by atoms with Crippen molar-refractivity contribution in [3.63, 3.8) is 0 Å². The van der Waals surface area contributed by atoms with Crippen molar-refractivity contribution in [2.75, 3.05) is 5.32 Å². The van der Waals surface area contributed by atoms with Crippen molar-refractivity contribution in [1.29, 1.82) is 5.26 Å². The molecule has 0 saturated heterocycles. The van der Waals surface area contributed by atoms with Crippen LogP contribution >= 0.6 is 11.3 Å². The number of carbonyl (C=O) groups excluding carboxylic acids is 1. The van der Waals surface area contributed by atoms with Gasteiger partial charge in [0.25, 0.3) is 5.91 Å². The van der Waals surface area contributed by atoms with Crippen LogP contribution < -0.4 is 5.32 Å². The zero-order valence-corrected chi connectivity index (χ0v) is 18.8.